The van der Waals surface area contributed by atoms with Crippen LogP contribution in [0.1, 0.15) is 29.8 Å². The number of aryl methyl sites for hydroxylation is 1. The van der Waals surface area contributed by atoms with Crippen LogP contribution in [-0.2, 0) is 16.3 Å². The fraction of sp³-hybridized carbons (Fsp3) is 0.385. The largest absolute Gasteiger partial charge is 0.360 e. The quantitative estimate of drug-likeness (QED) is 0.919. The molecule has 0 aliphatic heterocycles. The van der Waals surface area contributed by atoms with Gasteiger partial charge in [-0.05, 0) is 25.5 Å². The van der Waals surface area contributed by atoms with E-state index < -0.39 is 9.84 Å². The first-order valence-electron chi connectivity index (χ1n) is 6.28. The number of nitrogens with zero attached hydrogens (tertiary/aromatic N) is 2. The smallest absolute Gasteiger partial charge is 0.179 e. The van der Waals surface area contributed by atoms with Crippen molar-refractivity contribution in [3.8, 4) is 0 Å². The summed E-state index contributed by atoms with van der Waals surface area (Å²) in [7, 11) is -3.30. The number of nitrogens with one attached hydrogen (secondary N) is 1. The van der Waals surface area contributed by atoms with E-state index in [9.17, 15) is 8.42 Å². The van der Waals surface area contributed by atoms with Crippen molar-refractivity contribution < 1.29 is 8.42 Å². The van der Waals surface area contributed by atoms with Crippen molar-refractivity contribution in [3.05, 3.63) is 34.4 Å². The molecule has 2 rings (SSSR count). The van der Waals surface area contributed by atoms with Crippen molar-refractivity contribution >= 4 is 27.0 Å². The molecule has 0 aromatic carbocycles. The Morgan fingerprint density at radius 1 is 1.40 bits per heavy atom. The third kappa shape index (κ3) is 3.34. The van der Waals surface area contributed by atoms with Crippen LogP contribution in [0.3, 0.4) is 0 Å². The predicted molar refractivity (Wildman–Crippen MR) is 80.9 cm³/mol. The zero-order valence-electron chi connectivity index (χ0n) is 11.6. The maximum atomic E-state index is 11.7. The average Bonchev–Trinajstić information content (AvgIpc) is 2.87. The van der Waals surface area contributed by atoms with Crippen LogP contribution in [0.5, 0.6) is 0 Å². The van der Waals surface area contributed by atoms with Gasteiger partial charge in [-0.3, -0.25) is 0 Å². The van der Waals surface area contributed by atoms with Crippen LogP contribution in [0.2, 0.25) is 0 Å². The van der Waals surface area contributed by atoms with E-state index in [-0.39, 0.29) is 10.9 Å². The summed E-state index contributed by atoms with van der Waals surface area (Å²) in [5.74, 6) is 0.371. The Morgan fingerprint density at radius 2 is 2.15 bits per heavy atom. The Kier molecular flexibility index (Phi) is 4.39. The zero-order valence-corrected chi connectivity index (χ0v) is 13.3. The lowest BCUT2D eigenvalue weighted by molar-refractivity contribution is 0.601. The molecular weight excluding hydrogens is 294 g/mol. The van der Waals surface area contributed by atoms with E-state index in [1.165, 1.54) is 11.1 Å². The van der Waals surface area contributed by atoms with Crippen LogP contribution >= 0.6 is 11.3 Å². The van der Waals surface area contributed by atoms with Crippen LogP contribution in [-0.4, -0.2) is 24.6 Å². The van der Waals surface area contributed by atoms with Crippen molar-refractivity contribution in [1.29, 1.82) is 0 Å². The fourth-order valence-corrected chi connectivity index (χ4v) is 3.40. The van der Waals surface area contributed by atoms with Gasteiger partial charge in [-0.25, -0.2) is 18.4 Å². The molecule has 0 radical (unpaired) electrons. The molecule has 1 unspecified atom stereocenters. The Bertz CT molecular complexity index is 695. The van der Waals surface area contributed by atoms with Crippen LogP contribution < -0.4 is 5.32 Å². The second-order valence-corrected chi connectivity index (χ2v) is 7.64. The van der Waals surface area contributed by atoms with Crippen molar-refractivity contribution in [1.82, 2.24) is 9.97 Å². The number of anilines is 1. The van der Waals surface area contributed by atoms with Gasteiger partial charge in [0.15, 0.2) is 9.84 Å². The van der Waals surface area contributed by atoms with E-state index in [1.807, 2.05) is 13.1 Å². The fourth-order valence-electron chi connectivity index (χ4n) is 1.75. The highest BCUT2D eigenvalue weighted by Gasteiger charge is 2.17. The molecule has 20 heavy (non-hydrogen) atoms. The highest BCUT2D eigenvalue weighted by molar-refractivity contribution is 7.90. The highest BCUT2D eigenvalue weighted by Crippen LogP contribution is 2.26. The summed E-state index contributed by atoms with van der Waals surface area (Å²) in [6.45, 7) is 4.02. The molecule has 2 heterocycles. The number of pyridine rings is 1. The molecule has 0 aliphatic carbocycles. The minimum atomic E-state index is -3.30. The lowest BCUT2D eigenvalue weighted by atomic mass is 10.3. The first-order chi connectivity index (χ1) is 9.41. The van der Waals surface area contributed by atoms with Gasteiger partial charge in [-0.2, -0.15) is 0 Å². The van der Waals surface area contributed by atoms with E-state index in [0.717, 1.165) is 11.4 Å². The monoisotopic (exact) mass is 311 g/mol. The maximum absolute atomic E-state index is 11.7. The van der Waals surface area contributed by atoms with E-state index >= 15 is 0 Å². The van der Waals surface area contributed by atoms with E-state index in [2.05, 4.69) is 22.2 Å². The van der Waals surface area contributed by atoms with E-state index in [4.69, 9.17) is 0 Å². The van der Waals surface area contributed by atoms with Crippen LogP contribution in [0.15, 0.2) is 29.4 Å². The summed E-state index contributed by atoms with van der Waals surface area (Å²) < 4.78 is 23.5. The van der Waals surface area contributed by atoms with Crippen molar-refractivity contribution in [2.45, 2.75) is 31.2 Å². The zero-order chi connectivity index (χ0) is 14.8. The Hall–Kier alpha value is -1.47. The van der Waals surface area contributed by atoms with E-state index in [0.29, 0.717) is 5.82 Å². The van der Waals surface area contributed by atoms with Crippen LogP contribution in [0.25, 0.3) is 0 Å². The number of thiazole rings is 1. The van der Waals surface area contributed by atoms with Crippen LogP contribution in [0.4, 0.5) is 5.82 Å². The number of hydrogen-bond donors (Lipinski definition) is 1. The predicted octanol–water partition coefficient (Wildman–Crippen LogP) is 2.68. The van der Waals surface area contributed by atoms with Gasteiger partial charge in [0.2, 0.25) is 0 Å². The first-order valence-corrected chi connectivity index (χ1v) is 8.98. The normalized spacial score (nSPS) is 13.2. The highest BCUT2D eigenvalue weighted by atomic mass is 32.2. The molecule has 0 fully saturated rings. The summed E-state index contributed by atoms with van der Waals surface area (Å²) in [6, 6.07) is 3.08. The standard InChI is InChI=1S/C13H17N3O2S2/c1-4-10-8-15-13(19-10)9(2)16-12-11(20(3,17)18)6-5-7-14-12/h5-9H,4H2,1-3H3,(H,14,16). The molecule has 5 nitrogen and oxygen atoms in total. The molecule has 0 aliphatic rings. The Balaban J connectivity index is 2.26. The molecule has 108 valence electrons. The summed E-state index contributed by atoms with van der Waals surface area (Å²) in [5.41, 5.74) is 0. The van der Waals surface area contributed by atoms with Gasteiger partial charge in [-0.1, -0.05) is 6.92 Å². The second-order valence-electron chi connectivity index (χ2n) is 4.51. The molecule has 0 saturated heterocycles. The van der Waals surface area contributed by atoms with Crippen molar-refractivity contribution in [2.24, 2.45) is 0 Å². The maximum Gasteiger partial charge on any atom is 0.179 e. The van der Waals surface area contributed by atoms with Gasteiger partial charge in [0.1, 0.15) is 15.7 Å². The lowest BCUT2D eigenvalue weighted by Crippen LogP contribution is -2.11. The molecule has 2 aromatic rings. The van der Waals surface area contributed by atoms with Crippen LogP contribution in [0, 0.1) is 0 Å². The molecule has 0 amide bonds. The van der Waals surface area contributed by atoms with Gasteiger partial charge < -0.3 is 5.32 Å². The number of hydrogen-bond acceptors (Lipinski definition) is 6. The van der Waals surface area contributed by atoms with Gasteiger partial charge >= 0.3 is 0 Å². The molecule has 0 spiro atoms. The van der Waals surface area contributed by atoms with Gasteiger partial charge in [0.05, 0.1) is 6.04 Å². The van der Waals surface area contributed by atoms with Crippen molar-refractivity contribution in [2.75, 3.05) is 11.6 Å². The van der Waals surface area contributed by atoms with Gasteiger partial charge in [-0.15, -0.1) is 11.3 Å². The lowest BCUT2D eigenvalue weighted by Gasteiger charge is -2.14. The third-order valence-electron chi connectivity index (χ3n) is 2.81. The van der Waals surface area contributed by atoms with Gasteiger partial charge in [0, 0.05) is 23.5 Å². The third-order valence-corrected chi connectivity index (χ3v) is 5.27. The first kappa shape index (κ1) is 14.9. The molecule has 1 N–H and O–H groups in total. The average molecular weight is 311 g/mol. The molecule has 0 bridgehead atoms. The summed E-state index contributed by atoms with van der Waals surface area (Å²) in [4.78, 5) is 9.89. The van der Waals surface area contributed by atoms with Gasteiger partial charge in [0.25, 0.3) is 0 Å². The second kappa shape index (κ2) is 5.88. The number of rotatable bonds is 5. The molecular formula is C13H17N3O2S2. The SMILES string of the molecule is CCc1cnc(C(C)Nc2ncccc2S(C)(=O)=O)s1. The van der Waals surface area contributed by atoms with E-state index in [1.54, 1.807) is 29.7 Å². The molecule has 7 heteroatoms. The summed E-state index contributed by atoms with van der Waals surface area (Å²) >= 11 is 1.62. The minimum absolute atomic E-state index is 0.0873. The minimum Gasteiger partial charge on any atom is -0.360 e. The summed E-state index contributed by atoms with van der Waals surface area (Å²) in [6.07, 6.45) is 5.55. The molecule has 2 aromatic heterocycles. The number of aromatic nitrogens is 2. The summed E-state index contributed by atoms with van der Waals surface area (Å²) in [5, 5.41) is 4.05. The molecule has 1 atom stereocenters. The van der Waals surface area contributed by atoms with Crippen molar-refractivity contribution in [3.63, 3.8) is 0 Å². The number of sulfone groups is 1. The molecule has 0 saturated carbocycles. The topological polar surface area (TPSA) is 72.0 Å². The Morgan fingerprint density at radius 3 is 2.75 bits per heavy atom. The Labute approximate surface area is 123 Å².